The van der Waals surface area contributed by atoms with Gasteiger partial charge in [0.05, 0.1) is 6.33 Å². The molecule has 1 saturated carbocycles. The molecule has 28 heavy (non-hydrogen) atoms. The number of hydrogen-bond donors (Lipinski definition) is 2. The molecule has 1 aromatic heterocycles. The van der Waals surface area contributed by atoms with E-state index in [1.54, 1.807) is 12.5 Å². The molecular formula is C23H23N3O2. The summed E-state index contributed by atoms with van der Waals surface area (Å²) in [6.45, 7) is 0.545. The predicted molar refractivity (Wildman–Crippen MR) is 108 cm³/mol. The van der Waals surface area contributed by atoms with Crippen LogP contribution in [0.1, 0.15) is 45.7 Å². The summed E-state index contributed by atoms with van der Waals surface area (Å²) in [5.74, 6) is 0.362. The Kier molecular flexibility index (Phi) is 5.33. The van der Waals surface area contributed by atoms with Gasteiger partial charge in [-0.3, -0.25) is 9.59 Å². The molecule has 3 aromatic rings. The molecule has 0 radical (unpaired) electrons. The molecule has 5 nitrogen and oxygen atoms in total. The molecule has 5 heteroatoms. The normalized spacial score (nSPS) is 13.7. The van der Waals surface area contributed by atoms with Crippen molar-refractivity contribution in [3.05, 3.63) is 77.9 Å². The van der Waals surface area contributed by atoms with E-state index in [4.69, 9.17) is 0 Å². The first-order valence-electron chi connectivity index (χ1n) is 9.71. The monoisotopic (exact) mass is 373 g/mol. The summed E-state index contributed by atoms with van der Waals surface area (Å²) in [7, 11) is 0. The van der Waals surface area contributed by atoms with Crippen LogP contribution in [0.5, 0.6) is 0 Å². The van der Waals surface area contributed by atoms with Crippen molar-refractivity contribution in [1.29, 1.82) is 0 Å². The van der Waals surface area contributed by atoms with Gasteiger partial charge in [-0.25, -0.2) is 4.98 Å². The van der Waals surface area contributed by atoms with Gasteiger partial charge in [0, 0.05) is 41.9 Å². The summed E-state index contributed by atoms with van der Waals surface area (Å²) >= 11 is 0. The maximum Gasteiger partial charge on any atom is 0.251 e. The molecule has 1 amide bonds. The number of Topliss-reactive ketones (excluding diaryl/α,β-unsaturated/α-hetero) is 1. The molecule has 0 atom stereocenters. The molecule has 0 aliphatic heterocycles. The van der Waals surface area contributed by atoms with Crippen molar-refractivity contribution >= 4 is 11.7 Å². The minimum Gasteiger partial charge on any atom is -0.352 e. The largest absolute Gasteiger partial charge is 0.352 e. The molecule has 2 aromatic carbocycles. The van der Waals surface area contributed by atoms with Crippen LogP contribution in [-0.4, -0.2) is 28.2 Å². The number of aromatic nitrogens is 2. The zero-order chi connectivity index (χ0) is 19.3. The Bertz CT molecular complexity index is 958. The summed E-state index contributed by atoms with van der Waals surface area (Å²) in [4.78, 5) is 31.8. The molecule has 1 aliphatic carbocycles. The lowest BCUT2D eigenvalue weighted by Crippen LogP contribution is -2.25. The van der Waals surface area contributed by atoms with Crippen LogP contribution in [0.25, 0.3) is 11.1 Å². The van der Waals surface area contributed by atoms with Crippen LogP contribution in [-0.2, 0) is 6.42 Å². The highest BCUT2D eigenvalue weighted by Crippen LogP contribution is 2.30. The third-order valence-electron chi connectivity index (χ3n) is 5.34. The number of aromatic amines is 1. The summed E-state index contributed by atoms with van der Waals surface area (Å²) in [5, 5.41) is 2.93. The van der Waals surface area contributed by atoms with E-state index in [1.165, 1.54) is 0 Å². The van der Waals surface area contributed by atoms with E-state index in [1.807, 2.05) is 48.5 Å². The maximum atomic E-state index is 12.4. The Morgan fingerprint density at radius 3 is 2.54 bits per heavy atom. The molecule has 2 N–H and O–H groups in total. The molecular weight excluding hydrogens is 350 g/mol. The SMILES string of the molecule is O=C(NCCc1cnc[nH]1)c1cccc(-c2ccc(C(=O)C3CCC3)cc2)c1. The van der Waals surface area contributed by atoms with Crippen LogP contribution in [0.4, 0.5) is 0 Å². The molecule has 0 bridgehead atoms. The minimum atomic E-state index is -0.0989. The maximum absolute atomic E-state index is 12.4. The van der Waals surface area contributed by atoms with Crippen molar-refractivity contribution in [2.45, 2.75) is 25.7 Å². The zero-order valence-electron chi connectivity index (χ0n) is 15.7. The second-order valence-corrected chi connectivity index (χ2v) is 7.23. The molecule has 1 heterocycles. The highest BCUT2D eigenvalue weighted by Gasteiger charge is 2.25. The van der Waals surface area contributed by atoms with Gasteiger partial charge in [0.15, 0.2) is 5.78 Å². The van der Waals surface area contributed by atoms with Crippen molar-refractivity contribution in [2.75, 3.05) is 6.54 Å². The Labute approximate surface area is 164 Å². The number of hydrogen-bond acceptors (Lipinski definition) is 3. The van der Waals surface area contributed by atoms with E-state index in [2.05, 4.69) is 15.3 Å². The lowest BCUT2D eigenvalue weighted by atomic mass is 9.80. The number of imidazole rings is 1. The van der Waals surface area contributed by atoms with E-state index in [9.17, 15) is 9.59 Å². The van der Waals surface area contributed by atoms with Gasteiger partial charge < -0.3 is 10.3 Å². The van der Waals surface area contributed by atoms with Crippen LogP contribution < -0.4 is 5.32 Å². The summed E-state index contributed by atoms with van der Waals surface area (Å²) < 4.78 is 0. The first-order valence-corrected chi connectivity index (χ1v) is 9.71. The fourth-order valence-electron chi connectivity index (χ4n) is 3.41. The van der Waals surface area contributed by atoms with Gasteiger partial charge >= 0.3 is 0 Å². The van der Waals surface area contributed by atoms with Crippen molar-refractivity contribution in [3.63, 3.8) is 0 Å². The number of carbonyl (C=O) groups excluding carboxylic acids is 2. The topological polar surface area (TPSA) is 74.8 Å². The van der Waals surface area contributed by atoms with Crippen LogP contribution in [0.15, 0.2) is 61.1 Å². The molecule has 0 unspecified atom stereocenters. The number of rotatable bonds is 7. The first kappa shape index (κ1) is 18.2. The Morgan fingerprint density at radius 1 is 1.04 bits per heavy atom. The second kappa shape index (κ2) is 8.21. The highest BCUT2D eigenvalue weighted by atomic mass is 16.1. The Balaban J connectivity index is 1.41. The smallest absolute Gasteiger partial charge is 0.251 e. The van der Waals surface area contributed by atoms with Crippen molar-refractivity contribution < 1.29 is 9.59 Å². The number of amides is 1. The number of nitrogens with zero attached hydrogens (tertiary/aromatic N) is 1. The fourth-order valence-corrected chi connectivity index (χ4v) is 3.41. The van der Waals surface area contributed by atoms with E-state index < -0.39 is 0 Å². The fraction of sp³-hybridized carbons (Fsp3) is 0.261. The average Bonchev–Trinajstić information content (AvgIpc) is 3.20. The Hall–Kier alpha value is -3.21. The summed E-state index contributed by atoms with van der Waals surface area (Å²) in [6.07, 6.45) is 7.28. The Morgan fingerprint density at radius 2 is 1.86 bits per heavy atom. The summed E-state index contributed by atoms with van der Waals surface area (Å²) in [6, 6.07) is 15.3. The zero-order valence-corrected chi connectivity index (χ0v) is 15.7. The van der Waals surface area contributed by atoms with Crippen LogP contribution in [0.3, 0.4) is 0 Å². The third-order valence-corrected chi connectivity index (χ3v) is 5.34. The van der Waals surface area contributed by atoms with Crippen LogP contribution in [0.2, 0.25) is 0 Å². The van der Waals surface area contributed by atoms with Gasteiger partial charge in [0.25, 0.3) is 5.91 Å². The minimum absolute atomic E-state index is 0.0989. The van der Waals surface area contributed by atoms with Crippen molar-refractivity contribution in [1.82, 2.24) is 15.3 Å². The molecule has 1 aliphatic rings. The van der Waals surface area contributed by atoms with Gasteiger partial charge in [0.1, 0.15) is 0 Å². The predicted octanol–water partition coefficient (Wildman–Crippen LogP) is 4.03. The van der Waals surface area contributed by atoms with Crippen molar-refractivity contribution in [2.24, 2.45) is 5.92 Å². The average molecular weight is 373 g/mol. The van der Waals surface area contributed by atoms with Crippen LogP contribution >= 0.6 is 0 Å². The number of carbonyl (C=O) groups is 2. The van der Waals surface area contributed by atoms with Crippen LogP contribution in [0, 0.1) is 5.92 Å². The lowest BCUT2D eigenvalue weighted by molar-refractivity contribution is 0.0854. The van der Waals surface area contributed by atoms with Gasteiger partial charge in [-0.05, 0) is 36.1 Å². The number of benzene rings is 2. The standard InChI is InChI=1S/C23H23N3O2/c27-22(17-3-1-4-17)18-9-7-16(8-10-18)19-5-2-6-20(13-19)23(28)25-12-11-21-14-24-15-26-21/h2,5-10,13-15,17H,1,3-4,11-12H2,(H,24,26)(H,25,28). The van der Waals surface area contributed by atoms with Crippen molar-refractivity contribution in [3.8, 4) is 11.1 Å². The van der Waals surface area contributed by atoms with Gasteiger partial charge in [0.2, 0.25) is 0 Å². The first-order chi connectivity index (χ1) is 13.7. The molecule has 4 rings (SSSR count). The molecule has 0 spiro atoms. The second-order valence-electron chi connectivity index (χ2n) is 7.23. The molecule has 1 fully saturated rings. The summed E-state index contributed by atoms with van der Waals surface area (Å²) in [5.41, 5.74) is 4.35. The highest BCUT2D eigenvalue weighted by molar-refractivity contribution is 5.99. The van der Waals surface area contributed by atoms with Gasteiger partial charge in [-0.1, -0.05) is 42.8 Å². The van der Waals surface area contributed by atoms with E-state index >= 15 is 0 Å². The van der Waals surface area contributed by atoms with E-state index in [0.717, 1.165) is 41.6 Å². The number of H-pyrrole nitrogens is 1. The van der Waals surface area contributed by atoms with Gasteiger partial charge in [-0.2, -0.15) is 0 Å². The van der Waals surface area contributed by atoms with E-state index in [0.29, 0.717) is 18.5 Å². The molecule has 0 saturated heterocycles. The lowest BCUT2D eigenvalue weighted by Gasteiger charge is -2.23. The third kappa shape index (κ3) is 4.03. The number of nitrogens with one attached hydrogen (secondary N) is 2. The quantitative estimate of drug-likeness (QED) is 0.614. The number of ketones is 1. The molecule has 142 valence electrons. The van der Waals surface area contributed by atoms with Gasteiger partial charge in [-0.15, -0.1) is 0 Å². The van der Waals surface area contributed by atoms with E-state index in [-0.39, 0.29) is 17.6 Å².